The Morgan fingerprint density at radius 2 is 1.86 bits per heavy atom. The highest BCUT2D eigenvalue weighted by molar-refractivity contribution is 9.11. The van der Waals surface area contributed by atoms with Crippen molar-refractivity contribution < 1.29 is 9.53 Å². The number of ether oxygens (including phenoxy) is 1. The highest BCUT2D eigenvalue weighted by atomic mass is 79.9. The summed E-state index contributed by atoms with van der Waals surface area (Å²) in [6.07, 6.45) is 3.47. The van der Waals surface area contributed by atoms with Gasteiger partial charge in [0.15, 0.2) is 5.11 Å². The zero-order valence-corrected chi connectivity index (χ0v) is 16.1. The van der Waals surface area contributed by atoms with Gasteiger partial charge in [-0.05, 0) is 67.8 Å². The molecule has 0 atom stereocenters. The molecule has 1 aliphatic rings. The highest BCUT2D eigenvalue weighted by Crippen LogP contribution is 2.36. The lowest BCUT2D eigenvalue weighted by Gasteiger charge is -2.12. The van der Waals surface area contributed by atoms with E-state index in [1.807, 2.05) is 12.1 Å². The number of carbonyl (C=O) groups is 1. The van der Waals surface area contributed by atoms with Gasteiger partial charge in [0.25, 0.3) is 5.91 Å². The second-order valence-electron chi connectivity index (χ2n) is 4.65. The van der Waals surface area contributed by atoms with Gasteiger partial charge < -0.3 is 9.64 Å². The summed E-state index contributed by atoms with van der Waals surface area (Å²) >= 11 is 12.2. The van der Waals surface area contributed by atoms with E-state index in [1.54, 1.807) is 31.1 Å². The fourth-order valence-corrected chi connectivity index (χ4v) is 3.62. The molecule has 7 heteroatoms. The van der Waals surface area contributed by atoms with Crippen molar-refractivity contribution in [2.75, 3.05) is 20.7 Å². The summed E-state index contributed by atoms with van der Waals surface area (Å²) in [5.74, 6) is 0.576. The minimum absolute atomic E-state index is 0.119. The average Bonchev–Trinajstić information content (AvgIpc) is 2.64. The van der Waals surface area contributed by atoms with Gasteiger partial charge in [-0.1, -0.05) is 12.7 Å². The summed E-state index contributed by atoms with van der Waals surface area (Å²) in [6.45, 7) is 4.04. The summed E-state index contributed by atoms with van der Waals surface area (Å²) in [5, 5.41) is 0.486. The molecule has 2 rings (SSSR count). The first-order chi connectivity index (χ1) is 10.4. The van der Waals surface area contributed by atoms with Crippen LogP contribution in [0.25, 0.3) is 6.08 Å². The molecule has 0 unspecified atom stereocenters. The van der Waals surface area contributed by atoms with Crippen molar-refractivity contribution in [3.05, 3.63) is 45.0 Å². The Bertz CT molecular complexity index is 665. The number of nitrogens with zero attached hydrogens (tertiary/aromatic N) is 2. The van der Waals surface area contributed by atoms with E-state index in [0.717, 1.165) is 14.5 Å². The quantitative estimate of drug-likeness (QED) is 0.400. The van der Waals surface area contributed by atoms with Crippen LogP contribution in [-0.4, -0.2) is 41.5 Å². The molecule has 1 heterocycles. The third-order valence-electron chi connectivity index (χ3n) is 3.13. The Labute approximate surface area is 151 Å². The van der Waals surface area contributed by atoms with Crippen LogP contribution < -0.4 is 4.74 Å². The summed E-state index contributed by atoms with van der Waals surface area (Å²) < 4.78 is 7.16. The fourth-order valence-electron chi connectivity index (χ4n) is 1.99. The monoisotopic (exact) mass is 444 g/mol. The van der Waals surface area contributed by atoms with Crippen LogP contribution in [0.2, 0.25) is 0 Å². The number of carbonyl (C=O) groups excluding carboxylic acids is 1. The molecule has 4 nitrogen and oxygen atoms in total. The maximum atomic E-state index is 12.2. The first kappa shape index (κ1) is 17.2. The van der Waals surface area contributed by atoms with Crippen LogP contribution >= 0.6 is 44.1 Å². The maximum absolute atomic E-state index is 12.2. The molecule has 0 N–H and O–H groups in total. The van der Waals surface area contributed by atoms with Crippen LogP contribution in [0.4, 0.5) is 0 Å². The first-order valence-electron chi connectivity index (χ1n) is 6.37. The van der Waals surface area contributed by atoms with Crippen molar-refractivity contribution >= 4 is 61.2 Å². The third kappa shape index (κ3) is 3.26. The van der Waals surface area contributed by atoms with E-state index >= 15 is 0 Å². The molecule has 116 valence electrons. The molecule has 1 fully saturated rings. The van der Waals surface area contributed by atoms with Gasteiger partial charge in [-0.15, -0.1) is 0 Å². The summed E-state index contributed by atoms with van der Waals surface area (Å²) in [7, 11) is 3.45. The van der Waals surface area contributed by atoms with Gasteiger partial charge in [-0.25, -0.2) is 0 Å². The van der Waals surface area contributed by atoms with Gasteiger partial charge in [0, 0.05) is 14.1 Å². The number of halogens is 2. The molecule has 1 amide bonds. The molecule has 1 aromatic rings. The van der Waals surface area contributed by atoms with Crippen molar-refractivity contribution in [1.82, 2.24) is 9.80 Å². The molecule has 0 spiro atoms. The molecular formula is C15H14Br2N2O2S. The highest BCUT2D eigenvalue weighted by Gasteiger charge is 2.32. The molecule has 1 aliphatic heterocycles. The lowest BCUT2D eigenvalue weighted by atomic mass is 10.1. The first-order valence-corrected chi connectivity index (χ1v) is 8.36. The predicted octanol–water partition coefficient (Wildman–Crippen LogP) is 3.81. The number of thiocarbonyl (C=S) groups is 1. The molecule has 1 saturated heterocycles. The molecule has 0 radical (unpaired) electrons. The van der Waals surface area contributed by atoms with Crippen LogP contribution in [0.3, 0.4) is 0 Å². The van der Waals surface area contributed by atoms with Crippen LogP contribution in [0.15, 0.2) is 39.4 Å². The lowest BCUT2D eigenvalue weighted by Crippen LogP contribution is -2.26. The molecule has 0 aliphatic carbocycles. The number of likely N-dealkylation sites (N-methyl/N-ethyl adjacent to an activating group) is 2. The molecule has 22 heavy (non-hydrogen) atoms. The Balaban J connectivity index is 2.38. The standard InChI is InChI=1S/C15H14Br2N2O2S/c1-4-5-21-13-10(16)6-9(7-11(13)17)8-12-14(20)19(3)15(22)18(12)2/h4,6-8H,1,5H2,2-3H3/b12-8-. The molecule has 0 bridgehead atoms. The second kappa shape index (κ2) is 6.93. The smallest absolute Gasteiger partial charge is 0.276 e. The largest absolute Gasteiger partial charge is 0.487 e. The van der Waals surface area contributed by atoms with E-state index in [1.165, 1.54) is 4.90 Å². The topological polar surface area (TPSA) is 32.8 Å². The van der Waals surface area contributed by atoms with Crippen molar-refractivity contribution in [3.8, 4) is 5.75 Å². The number of amides is 1. The zero-order chi connectivity index (χ0) is 16.4. The van der Waals surface area contributed by atoms with Crippen LogP contribution in [0.5, 0.6) is 5.75 Å². The van der Waals surface area contributed by atoms with Gasteiger partial charge in [0.05, 0.1) is 8.95 Å². The van der Waals surface area contributed by atoms with Gasteiger partial charge in [-0.3, -0.25) is 9.69 Å². The van der Waals surface area contributed by atoms with Gasteiger partial charge in [0.1, 0.15) is 18.1 Å². The normalized spacial score (nSPS) is 16.6. The number of benzene rings is 1. The minimum atomic E-state index is -0.119. The van der Waals surface area contributed by atoms with E-state index in [-0.39, 0.29) is 5.91 Å². The van der Waals surface area contributed by atoms with Gasteiger partial charge >= 0.3 is 0 Å². The third-order valence-corrected chi connectivity index (χ3v) is 4.85. The van der Waals surface area contributed by atoms with Crippen molar-refractivity contribution in [3.63, 3.8) is 0 Å². The summed E-state index contributed by atoms with van der Waals surface area (Å²) in [6, 6.07) is 3.78. The van der Waals surface area contributed by atoms with E-state index in [9.17, 15) is 4.79 Å². The molecular weight excluding hydrogens is 432 g/mol. The van der Waals surface area contributed by atoms with E-state index in [0.29, 0.717) is 23.2 Å². The molecule has 1 aromatic carbocycles. The maximum Gasteiger partial charge on any atom is 0.276 e. The van der Waals surface area contributed by atoms with Crippen molar-refractivity contribution in [1.29, 1.82) is 0 Å². The lowest BCUT2D eigenvalue weighted by molar-refractivity contribution is -0.121. The van der Waals surface area contributed by atoms with Gasteiger partial charge in [-0.2, -0.15) is 0 Å². The predicted molar refractivity (Wildman–Crippen MR) is 98.6 cm³/mol. The molecule has 0 saturated carbocycles. The Morgan fingerprint density at radius 3 is 2.32 bits per heavy atom. The molecule has 0 aromatic heterocycles. The average molecular weight is 446 g/mol. The number of hydrogen-bond acceptors (Lipinski definition) is 3. The SMILES string of the molecule is C=CCOc1c(Br)cc(/C=C2/C(=O)N(C)C(=S)N2C)cc1Br. The van der Waals surface area contributed by atoms with E-state index in [2.05, 4.69) is 38.4 Å². The summed E-state index contributed by atoms with van der Waals surface area (Å²) in [4.78, 5) is 15.3. The zero-order valence-electron chi connectivity index (χ0n) is 12.1. The van der Waals surface area contributed by atoms with E-state index < -0.39 is 0 Å². The summed E-state index contributed by atoms with van der Waals surface area (Å²) in [5.41, 5.74) is 1.39. The van der Waals surface area contributed by atoms with Crippen molar-refractivity contribution in [2.24, 2.45) is 0 Å². The van der Waals surface area contributed by atoms with Crippen LogP contribution in [0, 0.1) is 0 Å². The Hall–Kier alpha value is -1.18. The number of rotatable bonds is 4. The van der Waals surface area contributed by atoms with Crippen LogP contribution in [-0.2, 0) is 4.79 Å². The van der Waals surface area contributed by atoms with Crippen molar-refractivity contribution in [2.45, 2.75) is 0 Å². The van der Waals surface area contributed by atoms with E-state index in [4.69, 9.17) is 17.0 Å². The Morgan fingerprint density at radius 1 is 1.27 bits per heavy atom. The second-order valence-corrected chi connectivity index (χ2v) is 6.72. The Kier molecular flexibility index (Phi) is 5.41. The number of hydrogen-bond donors (Lipinski definition) is 0. The fraction of sp³-hybridized carbons (Fsp3) is 0.200. The minimum Gasteiger partial charge on any atom is -0.487 e. The van der Waals surface area contributed by atoms with Crippen LogP contribution in [0.1, 0.15) is 5.56 Å². The van der Waals surface area contributed by atoms with Gasteiger partial charge in [0.2, 0.25) is 0 Å².